The van der Waals surface area contributed by atoms with E-state index in [0.717, 1.165) is 12.8 Å². The molecule has 0 saturated carbocycles. The number of carbonyl (C=O) groups excluding carboxylic acids is 2. The number of fused-ring (bicyclic) bond motifs is 1. The Morgan fingerprint density at radius 2 is 1.96 bits per heavy atom. The lowest BCUT2D eigenvalue weighted by molar-refractivity contribution is 0.0210. The van der Waals surface area contributed by atoms with Crippen LogP contribution in [0.2, 0.25) is 0 Å². The fourth-order valence-electron chi connectivity index (χ4n) is 3.19. The van der Waals surface area contributed by atoms with Gasteiger partial charge in [0.05, 0.1) is 6.33 Å². The first-order valence-corrected chi connectivity index (χ1v) is 9.62. The lowest BCUT2D eigenvalue weighted by Gasteiger charge is -2.33. The van der Waals surface area contributed by atoms with E-state index in [0.29, 0.717) is 36.4 Å². The number of aromatic nitrogens is 4. The van der Waals surface area contributed by atoms with Crippen LogP contribution in [-0.2, 0) is 4.74 Å². The van der Waals surface area contributed by atoms with Gasteiger partial charge in [0.1, 0.15) is 11.1 Å². The second-order valence-corrected chi connectivity index (χ2v) is 8.35. The molecule has 152 valence electrons. The van der Waals surface area contributed by atoms with Crippen LogP contribution >= 0.6 is 0 Å². The molecule has 9 heteroatoms. The van der Waals surface area contributed by atoms with Crippen LogP contribution < -0.4 is 5.32 Å². The first-order chi connectivity index (χ1) is 13.2. The fourth-order valence-corrected chi connectivity index (χ4v) is 3.19. The van der Waals surface area contributed by atoms with Crippen LogP contribution in [0.1, 0.15) is 64.1 Å². The molecule has 2 aromatic heterocycles. The predicted octanol–water partition coefficient (Wildman–Crippen LogP) is 3.03. The molecule has 1 fully saturated rings. The highest BCUT2D eigenvalue weighted by Gasteiger charge is 2.27. The maximum absolute atomic E-state index is 12.2. The minimum Gasteiger partial charge on any atom is -0.444 e. The first kappa shape index (κ1) is 20.0. The molecule has 3 rings (SSSR count). The molecule has 28 heavy (non-hydrogen) atoms. The highest BCUT2D eigenvalue weighted by Crippen LogP contribution is 2.24. The second-order valence-electron chi connectivity index (χ2n) is 8.35. The molecule has 1 aliphatic rings. The summed E-state index contributed by atoms with van der Waals surface area (Å²) in [6.07, 6.45) is 3.59. The molecule has 1 amide bonds. The van der Waals surface area contributed by atoms with Crippen LogP contribution in [0.15, 0.2) is 6.33 Å². The summed E-state index contributed by atoms with van der Waals surface area (Å²) in [6, 6.07) is 0.296. The van der Waals surface area contributed by atoms with Gasteiger partial charge in [0.25, 0.3) is 0 Å². The largest absolute Gasteiger partial charge is 0.444 e. The molecule has 0 aromatic carbocycles. The van der Waals surface area contributed by atoms with Gasteiger partial charge in [-0.25, -0.2) is 19.7 Å². The number of hydrogen-bond acceptors (Lipinski definition) is 7. The Bertz CT molecular complexity index is 862. The molecule has 1 aliphatic heterocycles. The van der Waals surface area contributed by atoms with Gasteiger partial charge in [-0.2, -0.15) is 0 Å². The number of hydrogen-bond donors (Lipinski definition) is 1. The Hall–Kier alpha value is -2.71. The molecule has 0 unspecified atom stereocenters. The quantitative estimate of drug-likeness (QED) is 0.803. The van der Waals surface area contributed by atoms with Crippen LogP contribution in [0.25, 0.3) is 11.2 Å². The molecule has 1 saturated heterocycles. The van der Waals surface area contributed by atoms with Crippen LogP contribution in [0.4, 0.5) is 10.6 Å². The lowest BCUT2D eigenvalue weighted by Crippen LogP contribution is -2.44. The molecule has 0 atom stereocenters. The van der Waals surface area contributed by atoms with E-state index in [1.165, 1.54) is 0 Å². The van der Waals surface area contributed by atoms with E-state index in [4.69, 9.17) is 4.74 Å². The average Bonchev–Trinajstić information content (AvgIpc) is 3.05. The van der Waals surface area contributed by atoms with Crippen molar-refractivity contribution in [3.05, 3.63) is 12.2 Å². The smallest absolute Gasteiger partial charge is 0.410 e. The van der Waals surface area contributed by atoms with Gasteiger partial charge in [0.15, 0.2) is 23.6 Å². The topological polar surface area (TPSA) is 102 Å². The molecule has 1 N–H and O–H groups in total. The molecule has 0 bridgehead atoms. The van der Waals surface area contributed by atoms with Gasteiger partial charge >= 0.3 is 6.09 Å². The Balaban J connectivity index is 1.72. The van der Waals surface area contributed by atoms with Gasteiger partial charge in [-0.3, -0.25) is 4.79 Å². The van der Waals surface area contributed by atoms with Crippen molar-refractivity contribution in [2.75, 3.05) is 18.4 Å². The first-order valence-electron chi connectivity index (χ1n) is 9.62. The number of nitrogens with zero attached hydrogens (tertiary/aromatic N) is 5. The summed E-state index contributed by atoms with van der Waals surface area (Å²) >= 11 is 0. The summed E-state index contributed by atoms with van der Waals surface area (Å²) < 4.78 is 7.36. The fraction of sp³-hybridized carbons (Fsp3) is 0.632. The van der Waals surface area contributed by atoms with Gasteiger partial charge in [0.2, 0.25) is 0 Å². The van der Waals surface area contributed by atoms with E-state index in [1.807, 2.05) is 39.2 Å². The molecule has 0 aliphatic carbocycles. The molecule has 9 nitrogen and oxygen atoms in total. The number of anilines is 1. The summed E-state index contributed by atoms with van der Waals surface area (Å²) in [5.74, 6) is 0.686. The maximum atomic E-state index is 12.2. The van der Waals surface area contributed by atoms with Crippen molar-refractivity contribution in [2.45, 2.75) is 65.1 Å². The molecule has 0 spiro atoms. The molecular formula is C19H28N6O3. The number of imidazole rings is 1. The zero-order valence-electron chi connectivity index (χ0n) is 17.1. The molecule has 0 radical (unpaired) electrons. The summed E-state index contributed by atoms with van der Waals surface area (Å²) in [7, 11) is 0. The summed E-state index contributed by atoms with van der Waals surface area (Å²) in [6.45, 7) is 10.8. The van der Waals surface area contributed by atoms with Crippen molar-refractivity contribution < 1.29 is 14.3 Å². The number of ether oxygens (including phenoxy) is 1. The third kappa shape index (κ3) is 4.40. The average molecular weight is 388 g/mol. The summed E-state index contributed by atoms with van der Waals surface area (Å²) in [5.41, 5.74) is 0.786. The highest BCUT2D eigenvalue weighted by atomic mass is 16.6. The second kappa shape index (κ2) is 7.73. The third-order valence-electron chi connectivity index (χ3n) is 4.59. The van der Waals surface area contributed by atoms with E-state index in [9.17, 15) is 9.59 Å². The zero-order chi connectivity index (χ0) is 20.5. The number of nitrogens with one attached hydrogen (secondary N) is 1. The normalized spacial score (nSPS) is 15.9. The van der Waals surface area contributed by atoms with Crippen molar-refractivity contribution in [3.8, 4) is 0 Å². The minimum atomic E-state index is -0.501. The van der Waals surface area contributed by atoms with Gasteiger partial charge in [-0.05, 0) is 47.5 Å². The highest BCUT2D eigenvalue weighted by molar-refractivity contribution is 5.86. The van der Waals surface area contributed by atoms with Crippen molar-refractivity contribution >= 4 is 29.4 Å². The Kier molecular flexibility index (Phi) is 5.53. The van der Waals surface area contributed by atoms with Crippen molar-refractivity contribution in [1.29, 1.82) is 0 Å². The monoisotopic (exact) mass is 388 g/mol. The Morgan fingerprint density at radius 1 is 1.29 bits per heavy atom. The lowest BCUT2D eigenvalue weighted by atomic mass is 10.1. The zero-order valence-corrected chi connectivity index (χ0v) is 17.1. The summed E-state index contributed by atoms with van der Waals surface area (Å²) in [5, 5.41) is 3.39. The van der Waals surface area contributed by atoms with Crippen LogP contribution in [0.5, 0.6) is 0 Å². The number of carbonyl (C=O) groups is 2. The van der Waals surface area contributed by atoms with Crippen LogP contribution in [0, 0.1) is 0 Å². The van der Waals surface area contributed by atoms with Crippen molar-refractivity contribution in [2.24, 2.45) is 0 Å². The number of aldehydes is 1. The minimum absolute atomic E-state index is 0.125. The Morgan fingerprint density at radius 3 is 2.54 bits per heavy atom. The third-order valence-corrected chi connectivity index (χ3v) is 4.59. The van der Waals surface area contributed by atoms with Crippen molar-refractivity contribution in [3.63, 3.8) is 0 Å². The molecule has 2 aromatic rings. The van der Waals surface area contributed by atoms with Gasteiger partial charge < -0.3 is 19.5 Å². The van der Waals surface area contributed by atoms with E-state index in [2.05, 4.69) is 20.3 Å². The number of likely N-dealkylation sites (tertiary alicyclic amines) is 1. The maximum Gasteiger partial charge on any atom is 0.410 e. The number of piperidine rings is 1. The number of rotatable bonds is 4. The van der Waals surface area contributed by atoms with Crippen LogP contribution in [0.3, 0.4) is 0 Å². The van der Waals surface area contributed by atoms with E-state index >= 15 is 0 Å². The van der Waals surface area contributed by atoms with Gasteiger partial charge in [0, 0.05) is 25.2 Å². The van der Waals surface area contributed by atoms with Crippen molar-refractivity contribution in [1.82, 2.24) is 24.4 Å². The van der Waals surface area contributed by atoms with E-state index < -0.39 is 5.60 Å². The van der Waals surface area contributed by atoms with E-state index in [1.54, 1.807) is 11.2 Å². The molecular weight excluding hydrogens is 360 g/mol. The van der Waals surface area contributed by atoms with Crippen LogP contribution in [-0.4, -0.2) is 61.5 Å². The predicted molar refractivity (Wildman–Crippen MR) is 106 cm³/mol. The van der Waals surface area contributed by atoms with Gasteiger partial charge in [-0.15, -0.1) is 0 Å². The summed E-state index contributed by atoms with van der Waals surface area (Å²) in [4.78, 5) is 38.3. The Labute approximate surface area is 164 Å². The SMILES string of the molecule is CC(C)n1cnc2c(NC3CCN(C(=O)OC(C)(C)C)CC3)nc(C=O)nc21. The molecule has 3 heterocycles. The standard InChI is InChI=1S/C19H28N6O3/c1-12(2)25-11-20-15-16(22-14(10-26)23-17(15)25)21-13-6-8-24(9-7-13)18(27)28-19(3,4)5/h10-13H,6-9H2,1-5H3,(H,21,22,23). The van der Waals surface area contributed by atoms with E-state index in [-0.39, 0.29) is 24.0 Å². The number of amides is 1. The van der Waals surface area contributed by atoms with Gasteiger partial charge in [-0.1, -0.05) is 0 Å².